The van der Waals surface area contributed by atoms with Crippen LogP contribution in [0.1, 0.15) is 22.5 Å². The molecule has 0 unspecified atom stereocenters. The van der Waals surface area contributed by atoms with Crippen molar-refractivity contribution in [3.63, 3.8) is 0 Å². The molecule has 2 heterocycles. The molecule has 0 aliphatic heterocycles. The van der Waals surface area contributed by atoms with Crippen molar-refractivity contribution in [1.82, 2.24) is 10.3 Å². The normalized spacial score (nSPS) is 10.4. The van der Waals surface area contributed by atoms with Crippen LogP contribution in [0.3, 0.4) is 0 Å². The minimum absolute atomic E-state index is 0.0754. The molecule has 0 saturated carbocycles. The van der Waals surface area contributed by atoms with Crippen molar-refractivity contribution in [3.8, 4) is 0 Å². The highest BCUT2D eigenvalue weighted by atomic mass is 79.9. The fourth-order valence-corrected chi connectivity index (χ4v) is 3.41. The van der Waals surface area contributed by atoms with Crippen molar-refractivity contribution in [2.45, 2.75) is 13.0 Å². The number of nitrogens with zero attached hydrogens (tertiary/aromatic N) is 2. The number of carbonyl (C=O) groups is 2. The van der Waals surface area contributed by atoms with Gasteiger partial charge in [0.25, 0.3) is 5.91 Å². The highest BCUT2D eigenvalue weighted by molar-refractivity contribution is 9.10. The molecular weight excluding hydrogens is 426 g/mol. The van der Waals surface area contributed by atoms with E-state index in [1.54, 1.807) is 22.5 Å². The Morgan fingerprint density at radius 3 is 2.59 bits per heavy atom. The van der Waals surface area contributed by atoms with Gasteiger partial charge in [-0.05, 0) is 47.8 Å². The second-order valence-corrected chi connectivity index (χ2v) is 7.49. The van der Waals surface area contributed by atoms with Crippen molar-refractivity contribution in [3.05, 3.63) is 81.2 Å². The van der Waals surface area contributed by atoms with Gasteiger partial charge in [-0.3, -0.25) is 14.6 Å². The van der Waals surface area contributed by atoms with Crippen LogP contribution in [0.25, 0.3) is 0 Å². The van der Waals surface area contributed by atoms with Crippen molar-refractivity contribution in [1.29, 1.82) is 0 Å². The molecule has 2 amide bonds. The number of amides is 2. The van der Waals surface area contributed by atoms with Crippen LogP contribution in [0, 0.1) is 0 Å². The molecule has 2 aromatic heterocycles. The van der Waals surface area contributed by atoms with E-state index in [9.17, 15) is 9.59 Å². The first-order chi connectivity index (χ1) is 13.1. The van der Waals surface area contributed by atoms with Gasteiger partial charge in [0.1, 0.15) is 0 Å². The second kappa shape index (κ2) is 9.43. The van der Waals surface area contributed by atoms with E-state index in [1.807, 2.05) is 47.8 Å². The lowest BCUT2D eigenvalue weighted by molar-refractivity contribution is -0.118. The van der Waals surface area contributed by atoms with Crippen molar-refractivity contribution in [2.75, 3.05) is 11.4 Å². The van der Waals surface area contributed by atoms with Gasteiger partial charge in [0, 0.05) is 40.3 Å². The summed E-state index contributed by atoms with van der Waals surface area (Å²) in [6, 6.07) is 14.9. The molecular formula is C20H18BrN3O2S. The van der Waals surface area contributed by atoms with Crippen LogP contribution in [0.4, 0.5) is 5.69 Å². The number of anilines is 1. The molecule has 7 heteroatoms. The number of halogens is 1. The van der Waals surface area contributed by atoms with E-state index >= 15 is 0 Å². The number of aromatic nitrogens is 1. The van der Waals surface area contributed by atoms with E-state index in [-0.39, 0.29) is 24.8 Å². The number of hydrogen-bond donors (Lipinski definition) is 1. The van der Waals surface area contributed by atoms with Gasteiger partial charge in [0.2, 0.25) is 5.91 Å². The first kappa shape index (κ1) is 19.3. The lowest BCUT2D eigenvalue weighted by Gasteiger charge is -2.23. The average molecular weight is 444 g/mol. The third-order valence-electron chi connectivity index (χ3n) is 3.89. The summed E-state index contributed by atoms with van der Waals surface area (Å²) in [6.07, 6.45) is 1.92. The molecule has 0 aliphatic rings. The Balaban J connectivity index is 1.66. The molecule has 1 aromatic carbocycles. The number of hydrogen-bond acceptors (Lipinski definition) is 4. The van der Waals surface area contributed by atoms with E-state index in [1.165, 1.54) is 11.3 Å². The lowest BCUT2D eigenvalue weighted by Crippen LogP contribution is -2.34. The predicted molar refractivity (Wildman–Crippen MR) is 111 cm³/mol. The molecule has 3 rings (SSSR count). The maximum atomic E-state index is 12.8. The van der Waals surface area contributed by atoms with Crippen LogP contribution in [-0.4, -0.2) is 23.3 Å². The number of thiophene rings is 1. The fourth-order valence-electron chi connectivity index (χ4n) is 2.51. The van der Waals surface area contributed by atoms with E-state index < -0.39 is 0 Å². The number of pyridine rings is 1. The summed E-state index contributed by atoms with van der Waals surface area (Å²) in [5.74, 6) is -0.238. The first-order valence-electron chi connectivity index (χ1n) is 8.40. The van der Waals surface area contributed by atoms with Gasteiger partial charge in [-0.2, -0.15) is 11.3 Å². The maximum Gasteiger partial charge on any atom is 0.252 e. The summed E-state index contributed by atoms with van der Waals surface area (Å²) in [5.41, 5.74) is 2.21. The zero-order valence-electron chi connectivity index (χ0n) is 14.5. The molecule has 0 spiro atoms. The van der Waals surface area contributed by atoms with Crippen molar-refractivity contribution < 1.29 is 9.59 Å². The van der Waals surface area contributed by atoms with Gasteiger partial charge >= 0.3 is 0 Å². The quantitative estimate of drug-likeness (QED) is 0.593. The molecule has 1 N–H and O–H groups in total. The minimum Gasteiger partial charge on any atom is -0.351 e. The molecule has 27 heavy (non-hydrogen) atoms. The topological polar surface area (TPSA) is 62.3 Å². The zero-order valence-corrected chi connectivity index (χ0v) is 16.9. The molecule has 0 atom stereocenters. The van der Waals surface area contributed by atoms with Crippen LogP contribution in [0.15, 0.2) is 70.0 Å². The highest BCUT2D eigenvalue weighted by Gasteiger charge is 2.17. The van der Waals surface area contributed by atoms with E-state index in [0.717, 1.165) is 15.9 Å². The van der Waals surface area contributed by atoms with Gasteiger partial charge in [-0.1, -0.05) is 22.0 Å². The summed E-state index contributed by atoms with van der Waals surface area (Å²) in [7, 11) is 0. The highest BCUT2D eigenvalue weighted by Crippen LogP contribution is 2.21. The Morgan fingerprint density at radius 2 is 1.93 bits per heavy atom. The van der Waals surface area contributed by atoms with Gasteiger partial charge < -0.3 is 10.2 Å². The molecule has 0 bridgehead atoms. The van der Waals surface area contributed by atoms with E-state index in [4.69, 9.17) is 0 Å². The number of nitrogens with one attached hydrogen (secondary N) is 1. The van der Waals surface area contributed by atoms with Gasteiger partial charge in [-0.25, -0.2) is 0 Å². The standard InChI is InChI=1S/C20H18BrN3O2S/c21-16-4-6-18(7-5-16)24(13-17-3-1-2-10-22-17)19(25)8-11-23-20(26)15-9-12-27-14-15/h1-7,9-10,12,14H,8,11,13H2,(H,23,26). The third kappa shape index (κ3) is 5.48. The van der Waals surface area contributed by atoms with Crippen molar-refractivity contribution in [2.24, 2.45) is 0 Å². The first-order valence-corrected chi connectivity index (χ1v) is 10.1. The Labute approximate surface area is 170 Å². The smallest absolute Gasteiger partial charge is 0.252 e. The lowest BCUT2D eigenvalue weighted by atomic mass is 10.2. The van der Waals surface area contributed by atoms with Gasteiger partial charge in [0.05, 0.1) is 12.2 Å². The summed E-state index contributed by atoms with van der Waals surface area (Å²) < 4.78 is 0.944. The number of carbonyl (C=O) groups excluding carboxylic acids is 2. The van der Waals surface area contributed by atoms with Gasteiger partial charge in [0.15, 0.2) is 0 Å². The Morgan fingerprint density at radius 1 is 1.11 bits per heavy atom. The molecule has 0 aliphatic carbocycles. The maximum absolute atomic E-state index is 12.8. The van der Waals surface area contributed by atoms with Crippen molar-refractivity contribution >= 4 is 44.8 Å². The largest absolute Gasteiger partial charge is 0.351 e. The predicted octanol–water partition coefficient (Wildman–Crippen LogP) is 4.26. The van der Waals surface area contributed by atoms with Crippen LogP contribution in [0.2, 0.25) is 0 Å². The third-order valence-corrected chi connectivity index (χ3v) is 5.11. The zero-order chi connectivity index (χ0) is 19.1. The molecule has 3 aromatic rings. The SMILES string of the molecule is O=C(NCCC(=O)N(Cc1ccccn1)c1ccc(Br)cc1)c1ccsc1. The molecule has 0 radical (unpaired) electrons. The monoisotopic (exact) mass is 443 g/mol. The van der Waals surface area contributed by atoms with E-state index in [2.05, 4.69) is 26.2 Å². The fraction of sp³-hybridized carbons (Fsp3) is 0.150. The Kier molecular flexibility index (Phi) is 6.73. The summed E-state index contributed by atoms with van der Waals surface area (Å²) in [4.78, 5) is 30.8. The Hall–Kier alpha value is -2.51. The summed E-state index contributed by atoms with van der Waals surface area (Å²) in [5, 5.41) is 6.43. The molecule has 0 saturated heterocycles. The summed E-state index contributed by atoms with van der Waals surface area (Å²) >= 11 is 4.88. The number of benzene rings is 1. The Bertz CT molecular complexity index is 883. The van der Waals surface area contributed by atoms with Crippen LogP contribution in [-0.2, 0) is 11.3 Å². The second-order valence-electron chi connectivity index (χ2n) is 5.80. The molecule has 0 fully saturated rings. The van der Waals surface area contributed by atoms with Crippen LogP contribution < -0.4 is 10.2 Å². The average Bonchev–Trinajstić information content (AvgIpc) is 3.22. The van der Waals surface area contributed by atoms with Crippen LogP contribution in [0.5, 0.6) is 0 Å². The number of rotatable bonds is 7. The van der Waals surface area contributed by atoms with E-state index in [0.29, 0.717) is 12.1 Å². The molecule has 5 nitrogen and oxygen atoms in total. The van der Waals surface area contributed by atoms with Crippen LogP contribution >= 0.6 is 27.3 Å². The molecule has 138 valence electrons. The summed E-state index contributed by atoms with van der Waals surface area (Å²) in [6.45, 7) is 0.655. The minimum atomic E-state index is -0.163. The van der Waals surface area contributed by atoms with Gasteiger partial charge in [-0.15, -0.1) is 0 Å².